The molecule has 0 atom stereocenters. The normalized spacial score (nSPS) is 13.3. The number of nitrogens with zero attached hydrogens (tertiary/aromatic N) is 3. The average molecular weight is 197 g/mol. The van der Waals surface area contributed by atoms with Crippen molar-refractivity contribution in [2.45, 2.75) is 20.3 Å². The maximum absolute atomic E-state index is 8.68. The summed E-state index contributed by atoms with van der Waals surface area (Å²) in [5, 5.41) is 26.7. The van der Waals surface area contributed by atoms with Crippen LogP contribution in [0.5, 0.6) is 0 Å². The summed E-state index contributed by atoms with van der Waals surface area (Å²) >= 11 is 0. The summed E-state index contributed by atoms with van der Waals surface area (Å²) in [7, 11) is 0. The fourth-order valence-electron chi connectivity index (χ4n) is 0.947. The molecule has 0 radical (unpaired) electrons. The van der Waals surface area contributed by atoms with E-state index in [0.29, 0.717) is 17.9 Å². The van der Waals surface area contributed by atoms with E-state index in [0.717, 1.165) is 0 Å². The highest BCUT2D eigenvalue weighted by Gasteiger charge is 2.13. The Morgan fingerprint density at radius 2 is 2.21 bits per heavy atom. The number of aryl methyl sites for hydroxylation is 1. The van der Waals surface area contributed by atoms with Crippen molar-refractivity contribution in [3.8, 4) is 0 Å². The van der Waals surface area contributed by atoms with Crippen LogP contribution in [-0.4, -0.2) is 27.0 Å². The Hall–Kier alpha value is -1.85. The Kier molecular flexibility index (Phi) is 3.22. The van der Waals surface area contributed by atoms with Gasteiger partial charge < -0.3 is 14.9 Å². The van der Waals surface area contributed by atoms with Crippen LogP contribution in [0.2, 0.25) is 0 Å². The van der Waals surface area contributed by atoms with E-state index < -0.39 is 0 Å². The van der Waals surface area contributed by atoms with Crippen molar-refractivity contribution >= 4 is 11.4 Å². The number of oxime groups is 2. The van der Waals surface area contributed by atoms with Gasteiger partial charge in [-0.25, -0.2) is 0 Å². The molecule has 0 aliphatic carbocycles. The molecule has 0 aliphatic rings. The zero-order valence-corrected chi connectivity index (χ0v) is 7.93. The van der Waals surface area contributed by atoms with Crippen molar-refractivity contribution in [3.05, 3.63) is 17.5 Å². The van der Waals surface area contributed by atoms with E-state index >= 15 is 0 Å². The van der Waals surface area contributed by atoms with Gasteiger partial charge in [0, 0.05) is 12.5 Å². The van der Waals surface area contributed by atoms with Crippen LogP contribution in [0.3, 0.4) is 0 Å². The minimum atomic E-state index is 0.0935. The second kappa shape index (κ2) is 4.40. The van der Waals surface area contributed by atoms with Crippen LogP contribution < -0.4 is 0 Å². The first-order chi connectivity index (χ1) is 6.72. The van der Waals surface area contributed by atoms with E-state index in [4.69, 9.17) is 14.9 Å². The second-order valence-electron chi connectivity index (χ2n) is 2.67. The Balaban J connectivity index is 3.02. The monoisotopic (exact) mass is 197 g/mol. The quantitative estimate of drug-likeness (QED) is 0.433. The van der Waals surface area contributed by atoms with Gasteiger partial charge in [-0.3, -0.25) is 0 Å². The lowest BCUT2D eigenvalue weighted by Crippen LogP contribution is -2.12. The summed E-state index contributed by atoms with van der Waals surface area (Å²) < 4.78 is 4.91. The SMILES string of the molecule is CCc1cc(C(=N/O)/C(C)=N/O)no1. The molecule has 1 heterocycles. The molecule has 1 aromatic heterocycles. The zero-order valence-electron chi connectivity index (χ0n) is 7.93. The largest absolute Gasteiger partial charge is 0.411 e. The standard InChI is InChI=1S/C8H11N3O3/c1-3-6-4-7(11-14-6)8(10-13)5(2)9-12/h4,12-13H,3H2,1-2H3/b9-5+,10-8+. The van der Waals surface area contributed by atoms with Crippen LogP contribution in [0.15, 0.2) is 20.9 Å². The molecule has 2 N–H and O–H groups in total. The summed E-state index contributed by atoms with van der Waals surface area (Å²) in [5.41, 5.74) is 0.610. The van der Waals surface area contributed by atoms with Crippen LogP contribution in [0, 0.1) is 0 Å². The molecular weight excluding hydrogens is 186 g/mol. The Labute approximate surface area is 80.5 Å². The van der Waals surface area contributed by atoms with Gasteiger partial charge in [0.2, 0.25) is 0 Å². The zero-order chi connectivity index (χ0) is 10.6. The van der Waals surface area contributed by atoms with Gasteiger partial charge >= 0.3 is 0 Å². The van der Waals surface area contributed by atoms with E-state index in [1.165, 1.54) is 6.92 Å². The van der Waals surface area contributed by atoms with E-state index in [-0.39, 0.29) is 11.4 Å². The van der Waals surface area contributed by atoms with Crippen LogP contribution in [-0.2, 0) is 6.42 Å². The minimum Gasteiger partial charge on any atom is -0.411 e. The molecule has 0 saturated heterocycles. The smallest absolute Gasteiger partial charge is 0.156 e. The summed E-state index contributed by atoms with van der Waals surface area (Å²) in [6.07, 6.45) is 0.695. The fourth-order valence-corrected chi connectivity index (χ4v) is 0.947. The first kappa shape index (κ1) is 10.2. The molecule has 0 spiro atoms. The summed E-state index contributed by atoms with van der Waals surface area (Å²) in [4.78, 5) is 0. The van der Waals surface area contributed by atoms with Crippen molar-refractivity contribution in [1.82, 2.24) is 5.16 Å². The lowest BCUT2D eigenvalue weighted by molar-refractivity contribution is 0.313. The molecule has 0 aliphatic heterocycles. The molecule has 0 aromatic carbocycles. The predicted octanol–water partition coefficient (Wildman–Crippen LogP) is 1.27. The summed E-state index contributed by atoms with van der Waals surface area (Å²) in [5.74, 6) is 0.673. The predicted molar refractivity (Wildman–Crippen MR) is 49.1 cm³/mol. The minimum absolute atomic E-state index is 0.0935. The van der Waals surface area contributed by atoms with Gasteiger partial charge in [-0.15, -0.1) is 0 Å². The topological polar surface area (TPSA) is 91.2 Å². The van der Waals surface area contributed by atoms with E-state index in [2.05, 4.69) is 15.5 Å². The molecule has 0 bridgehead atoms. The molecule has 6 heteroatoms. The number of aromatic nitrogens is 1. The van der Waals surface area contributed by atoms with Crippen LogP contribution >= 0.6 is 0 Å². The highest BCUT2D eigenvalue weighted by molar-refractivity contribution is 6.46. The van der Waals surface area contributed by atoms with Gasteiger partial charge in [0.05, 0.1) is 0 Å². The van der Waals surface area contributed by atoms with Crippen molar-refractivity contribution in [3.63, 3.8) is 0 Å². The molecule has 1 rings (SSSR count). The fraction of sp³-hybridized carbons (Fsp3) is 0.375. The molecule has 6 nitrogen and oxygen atoms in total. The summed E-state index contributed by atoms with van der Waals surface area (Å²) in [6.45, 7) is 3.41. The van der Waals surface area contributed by atoms with Gasteiger partial charge in [0.1, 0.15) is 17.2 Å². The molecule has 0 saturated carbocycles. The van der Waals surface area contributed by atoms with E-state index in [9.17, 15) is 0 Å². The lowest BCUT2D eigenvalue weighted by Gasteiger charge is -1.94. The molecule has 0 amide bonds. The number of hydrogen-bond donors (Lipinski definition) is 2. The third-order valence-electron chi connectivity index (χ3n) is 1.74. The molecule has 0 unspecified atom stereocenters. The van der Waals surface area contributed by atoms with Gasteiger partial charge in [0.25, 0.3) is 0 Å². The van der Waals surface area contributed by atoms with Gasteiger partial charge in [-0.05, 0) is 6.92 Å². The van der Waals surface area contributed by atoms with Gasteiger partial charge in [-0.1, -0.05) is 22.4 Å². The first-order valence-electron chi connectivity index (χ1n) is 4.10. The van der Waals surface area contributed by atoms with Gasteiger partial charge in [-0.2, -0.15) is 0 Å². The van der Waals surface area contributed by atoms with Crippen LogP contribution in [0.4, 0.5) is 0 Å². The maximum Gasteiger partial charge on any atom is 0.156 e. The maximum atomic E-state index is 8.68. The molecule has 1 aromatic rings. The third kappa shape index (κ3) is 1.90. The first-order valence-corrected chi connectivity index (χ1v) is 4.10. The van der Waals surface area contributed by atoms with Crippen molar-refractivity contribution in [2.24, 2.45) is 10.3 Å². The Morgan fingerprint density at radius 3 is 2.64 bits per heavy atom. The average Bonchev–Trinajstić information content (AvgIpc) is 2.67. The van der Waals surface area contributed by atoms with E-state index in [1.807, 2.05) is 6.92 Å². The second-order valence-corrected chi connectivity index (χ2v) is 2.67. The number of rotatable bonds is 3. The Bertz CT molecular complexity index is 368. The van der Waals surface area contributed by atoms with Crippen molar-refractivity contribution in [2.75, 3.05) is 0 Å². The lowest BCUT2D eigenvalue weighted by atomic mass is 10.2. The Morgan fingerprint density at radius 1 is 1.50 bits per heavy atom. The van der Waals surface area contributed by atoms with Crippen molar-refractivity contribution in [1.29, 1.82) is 0 Å². The van der Waals surface area contributed by atoms with E-state index in [1.54, 1.807) is 6.07 Å². The summed E-state index contributed by atoms with van der Waals surface area (Å²) in [6, 6.07) is 1.63. The van der Waals surface area contributed by atoms with Crippen LogP contribution in [0.1, 0.15) is 25.3 Å². The highest BCUT2D eigenvalue weighted by atomic mass is 16.5. The molecular formula is C8H11N3O3. The van der Waals surface area contributed by atoms with Crippen LogP contribution in [0.25, 0.3) is 0 Å². The molecule has 76 valence electrons. The number of hydrogen-bond acceptors (Lipinski definition) is 6. The highest BCUT2D eigenvalue weighted by Crippen LogP contribution is 2.06. The third-order valence-corrected chi connectivity index (χ3v) is 1.74. The molecule has 0 fully saturated rings. The van der Waals surface area contributed by atoms with Gasteiger partial charge in [0.15, 0.2) is 5.71 Å². The molecule has 14 heavy (non-hydrogen) atoms. The van der Waals surface area contributed by atoms with Crippen molar-refractivity contribution < 1.29 is 14.9 Å².